The van der Waals surface area contributed by atoms with Crippen LogP contribution in [-0.4, -0.2) is 16.4 Å². The van der Waals surface area contributed by atoms with E-state index in [4.69, 9.17) is 27.9 Å². The van der Waals surface area contributed by atoms with Gasteiger partial charge in [-0.2, -0.15) is 0 Å². The maximum absolute atomic E-state index is 15.2. The van der Waals surface area contributed by atoms with Crippen molar-refractivity contribution in [3.63, 3.8) is 0 Å². The Balaban J connectivity index is 1.96. The number of nitrogens with zero attached hydrogens (tertiary/aromatic N) is 1. The molecule has 1 unspecified atom stereocenters. The van der Waals surface area contributed by atoms with Gasteiger partial charge in [-0.15, -0.1) is 0 Å². The molecule has 4 nitrogen and oxygen atoms in total. The maximum atomic E-state index is 15.2. The van der Waals surface area contributed by atoms with Gasteiger partial charge in [-0.25, -0.2) is 9.37 Å². The predicted octanol–water partition coefficient (Wildman–Crippen LogP) is 6.49. The number of hydrogen-bond donors (Lipinski definition) is 1. The number of hydrogen-bond acceptors (Lipinski definition) is 3. The Morgan fingerprint density at radius 3 is 2.56 bits per heavy atom. The van der Waals surface area contributed by atoms with Crippen molar-refractivity contribution in [2.75, 3.05) is 0 Å². The number of aromatic amines is 1. The first-order valence-electron chi connectivity index (χ1n) is 9.86. The van der Waals surface area contributed by atoms with Gasteiger partial charge in [0.25, 0.3) is 6.47 Å². The number of nitrogens with one attached hydrogen (secondary N) is 1. The summed E-state index contributed by atoms with van der Waals surface area (Å²) in [4.78, 5) is 19.4. The minimum absolute atomic E-state index is 0.0930. The second-order valence-corrected chi connectivity index (χ2v) is 8.27. The van der Waals surface area contributed by atoms with Crippen LogP contribution < -0.4 is 0 Å². The molecular formula is C25H19Cl2FN2O2. The summed E-state index contributed by atoms with van der Waals surface area (Å²) in [6, 6.07) is 18.8. The van der Waals surface area contributed by atoms with Gasteiger partial charge in [-0.1, -0.05) is 59.6 Å². The standard InChI is InChI=1S/C25H19Cl2FN2O2/c1-16-5-2-3-8-20(16)25(32-15-31,21-12-19(27)9-10-22(21)28)13-23-24(30-14-29-23)17-6-4-7-18(26)11-17/h2-12,14-15H,13H2,1H3,(H,29,30). The lowest BCUT2D eigenvalue weighted by atomic mass is 9.79. The number of rotatable bonds is 7. The minimum atomic E-state index is -1.48. The van der Waals surface area contributed by atoms with Gasteiger partial charge in [0.1, 0.15) is 5.82 Å². The van der Waals surface area contributed by atoms with Gasteiger partial charge in [0.2, 0.25) is 0 Å². The molecule has 0 aliphatic rings. The van der Waals surface area contributed by atoms with Crippen molar-refractivity contribution < 1.29 is 13.9 Å². The normalized spacial score (nSPS) is 12.9. The van der Waals surface area contributed by atoms with E-state index in [0.29, 0.717) is 33.5 Å². The van der Waals surface area contributed by atoms with Crippen LogP contribution in [0.5, 0.6) is 0 Å². The number of aryl methyl sites for hydroxylation is 1. The zero-order chi connectivity index (χ0) is 22.7. The number of ether oxygens (including phenoxy) is 1. The topological polar surface area (TPSA) is 55.0 Å². The molecule has 1 aromatic heterocycles. The largest absolute Gasteiger partial charge is 0.451 e. The third kappa shape index (κ3) is 4.14. The molecule has 1 N–H and O–H groups in total. The molecule has 0 fully saturated rings. The van der Waals surface area contributed by atoms with Crippen LogP contribution >= 0.6 is 23.2 Å². The van der Waals surface area contributed by atoms with Crippen LogP contribution in [0.25, 0.3) is 11.3 Å². The first-order valence-corrected chi connectivity index (χ1v) is 10.6. The summed E-state index contributed by atoms with van der Waals surface area (Å²) in [5, 5.41) is 0.889. The van der Waals surface area contributed by atoms with E-state index in [1.165, 1.54) is 18.2 Å². The first-order chi connectivity index (χ1) is 15.4. The van der Waals surface area contributed by atoms with E-state index in [2.05, 4.69) is 9.97 Å². The Kier molecular flexibility index (Phi) is 6.31. The van der Waals surface area contributed by atoms with Gasteiger partial charge in [-0.3, -0.25) is 4.79 Å². The van der Waals surface area contributed by atoms with Gasteiger partial charge >= 0.3 is 0 Å². The van der Waals surface area contributed by atoms with E-state index >= 15 is 4.39 Å². The molecule has 32 heavy (non-hydrogen) atoms. The second-order valence-electron chi connectivity index (χ2n) is 7.40. The molecule has 0 aliphatic heterocycles. The highest BCUT2D eigenvalue weighted by molar-refractivity contribution is 6.31. The van der Waals surface area contributed by atoms with Crippen LogP contribution in [0.1, 0.15) is 22.4 Å². The smallest absolute Gasteiger partial charge is 0.294 e. The summed E-state index contributed by atoms with van der Waals surface area (Å²) >= 11 is 12.4. The molecule has 162 valence electrons. The van der Waals surface area contributed by atoms with E-state index in [1.807, 2.05) is 43.3 Å². The maximum Gasteiger partial charge on any atom is 0.294 e. The highest BCUT2D eigenvalue weighted by Gasteiger charge is 2.41. The van der Waals surface area contributed by atoms with Gasteiger partial charge < -0.3 is 9.72 Å². The van der Waals surface area contributed by atoms with Gasteiger partial charge in [0, 0.05) is 38.9 Å². The van der Waals surface area contributed by atoms with Crippen molar-refractivity contribution in [3.05, 3.63) is 111 Å². The average Bonchev–Trinajstić information content (AvgIpc) is 3.23. The Labute approximate surface area is 195 Å². The highest BCUT2D eigenvalue weighted by atomic mass is 35.5. The lowest BCUT2D eigenvalue weighted by Gasteiger charge is -2.34. The van der Waals surface area contributed by atoms with E-state index in [9.17, 15) is 4.79 Å². The fraction of sp³-hybridized carbons (Fsp3) is 0.120. The summed E-state index contributed by atoms with van der Waals surface area (Å²) in [5.41, 5.74) is 2.20. The third-order valence-electron chi connectivity index (χ3n) is 5.43. The quantitative estimate of drug-likeness (QED) is 0.315. The Morgan fingerprint density at radius 1 is 1.03 bits per heavy atom. The molecule has 0 radical (unpaired) electrons. The molecule has 4 rings (SSSR count). The number of H-pyrrole nitrogens is 1. The fourth-order valence-corrected chi connectivity index (χ4v) is 4.37. The zero-order valence-corrected chi connectivity index (χ0v) is 18.6. The number of aromatic nitrogens is 2. The summed E-state index contributed by atoms with van der Waals surface area (Å²) in [5.74, 6) is -0.539. The van der Waals surface area contributed by atoms with Gasteiger partial charge in [0.05, 0.1) is 12.0 Å². The molecule has 3 aromatic carbocycles. The lowest BCUT2D eigenvalue weighted by Crippen LogP contribution is -2.36. The van der Waals surface area contributed by atoms with Crippen LogP contribution in [-0.2, 0) is 21.6 Å². The molecule has 1 heterocycles. The van der Waals surface area contributed by atoms with E-state index in [1.54, 1.807) is 18.5 Å². The zero-order valence-electron chi connectivity index (χ0n) is 17.1. The van der Waals surface area contributed by atoms with Crippen LogP contribution in [0, 0.1) is 12.7 Å². The van der Waals surface area contributed by atoms with Crippen LogP contribution in [0.15, 0.2) is 73.1 Å². The second kappa shape index (κ2) is 9.15. The van der Waals surface area contributed by atoms with E-state index in [0.717, 1.165) is 11.1 Å². The Morgan fingerprint density at radius 2 is 1.81 bits per heavy atom. The monoisotopic (exact) mass is 468 g/mol. The molecule has 0 bridgehead atoms. The number of imidazole rings is 1. The molecule has 4 aromatic rings. The molecule has 0 aliphatic carbocycles. The number of carbonyl (C=O) groups is 1. The molecule has 1 atom stereocenters. The van der Waals surface area contributed by atoms with E-state index in [-0.39, 0.29) is 12.0 Å². The van der Waals surface area contributed by atoms with Crippen molar-refractivity contribution in [2.24, 2.45) is 0 Å². The summed E-state index contributed by atoms with van der Waals surface area (Å²) in [7, 11) is 0. The highest BCUT2D eigenvalue weighted by Crippen LogP contribution is 2.41. The third-order valence-corrected chi connectivity index (χ3v) is 5.91. The van der Waals surface area contributed by atoms with E-state index < -0.39 is 11.4 Å². The lowest BCUT2D eigenvalue weighted by molar-refractivity contribution is -0.140. The number of carbonyl (C=O) groups excluding carboxylic acids is 1. The van der Waals surface area contributed by atoms with Crippen molar-refractivity contribution >= 4 is 29.7 Å². The first kappa shape index (κ1) is 22.1. The minimum Gasteiger partial charge on any atom is -0.451 e. The number of benzene rings is 3. The van der Waals surface area contributed by atoms with Crippen molar-refractivity contribution in [1.29, 1.82) is 0 Å². The molecule has 7 heteroatoms. The molecule has 0 saturated heterocycles. The van der Waals surface area contributed by atoms with Gasteiger partial charge in [-0.05, 0) is 42.8 Å². The summed E-state index contributed by atoms with van der Waals surface area (Å²) in [6.07, 6.45) is 1.64. The van der Waals surface area contributed by atoms with Crippen molar-refractivity contribution in [3.8, 4) is 11.3 Å². The van der Waals surface area contributed by atoms with Crippen molar-refractivity contribution in [2.45, 2.75) is 18.9 Å². The van der Waals surface area contributed by atoms with Crippen LogP contribution in [0.2, 0.25) is 10.0 Å². The fourth-order valence-electron chi connectivity index (χ4n) is 4.01. The average molecular weight is 469 g/mol. The molecule has 0 saturated carbocycles. The molecule has 0 amide bonds. The van der Waals surface area contributed by atoms with Gasteiger partial charge in [0.15, 0.2) is 5.60 Å². The Hall–Kier alpha value is -3.15. The predicted molar refractivity (Wildman–Crippen MR) is 123 cm³/mol. The molecule has 0 spiro atoms. The number of halogens is 3. The summed E-state index contributed by atoms with van der Waals surface area (Å²) in [6.45, 7) is 2.22. The van der Waals surface area contributed by atoms with Crippen molar-refractivity contribution in [1.82, 2.24) is 9.97 Å². The van der Waals surface area contributed by atoms with Crippen LogP contribution in [0.3, 0.4) is 0 Å². The Bertz CT molecular complexity index is 1270. The van der Waals surface area contributed by atoms with Crippen LogP contribution in [0.4, 0.5) is 4.39 Å². The SMILES string of the molecule is Cc1ccccc1C(Cc1[nH]cnc1-c1cccc(Cl)c1)(OC=O)c1cc(Cl)ccc1F. The molecular weight excluding hydrogens is 450 g/mol. The summed E-state index contributed by atoms with van der Waals surface area (Å²) < 4.78 is 21.0.